The van der Waals surface area contributed by atoms with Crippen LogP contribution in [0.1, 0.15) is 57.5 Å². The number of alkyl carbamates (subject to hydrolysis) is 1. The molecule has 6 heteroatoms. The minimum atomic E-state index is -0.527. The van der Waals surface area contributed by atoms with Crippen LogP contribution in [-0.2, 0) is 11.3 Å². The van der Waals surface area contributed by atoms with Gasteiger partial charge in [-0.3, -0.25) is 4.79 Å². The lowest BCUT2D eigenvalue weighted by Gasteiger charge is -2.35. The van der Waals surface area contributed by atoms with Crippen LogP contribution in [0.4, 0.5) is 4.79 Å². The Labute approximate surface area is 150 Å². The van der Waals surface area contributed by atoms with Crippen LogP contribution in [0.3, 0.4) is 0 Å². The number of nitrogens with two attached hydrogens (primary N) is 1. The van der Waals surface area contributed by atoms with Crippen molar-refractivity contribution in [1.29, 1.82) is 0 Å². The van der Waals surface area contributed by atoms with Crippen molar-refractivity contribution in [2.24, 2.45) is 11.7 Å². The van der Waals surface area contributed by atoms with E-state index in [9.17, 15) is 9.59 Å². The summed E-state index contributed by atoms with van der Waals surface area (Å²) in [6, 6.07) is 7.21. The number of rotatable bonds is 7. The van der Waals surface area contributed by atoms with E-state index in [0.717, 1.165) is 5.56 Å². The second kappa shape index (κ2) is 8.34. The number of carbonyl (C=O) groups is 2. The van der Waals surface area contributed by atoms with Crippen molar-refractivity contribution >= 4 is 12.0 Å². The number of ether oxygens (including phenoxy) is 1. The van der Waals surface area contributed by atoms with Gasteiger partial charge in [0.05, 0.1) is 0 Å². The molecule has 1 aromatic rings. The van der Waals surface area contributed by atoms with E-state index in [2.05, 4.69) is 24.5 Å². The zero-order valence-electron chi connectivity index (χ0n) is 16.1. The van der Waals surface area contributed by atoms with Gasteiger partial charge in [-0.05, 0) is 51.3 Å². The molecule has 1 rings (SSSR count). The van der Waals surface area contributed by atoms with E-state index < -0.39 is 17.6 Å². The summed E-state index contributed by atoms with van der Waals surface area (Å²) in [6.07, 6.45) is -0.433. The molecule has 0 spiro atoms. The first-order valence-electron chi connectivity index (χ1n) is 8.53. The lowest BCUT2D eigenvalue weighted by molar-refractivity contribution is 0.0503. The van der Waals surface area contributed by atoms with Gasteiger partial charge in [0.15, 0.2) is 0 Å². The van der Waals surface area contributed by atoms with Gasteiger partial charge < -0.3 is 21.1 Å². The van der Waals surface area contributed by atoms with Gasteiger partial charge in [0.25, 0.3) is 0 Å². The highest BCUT2D eigenvalue weighted by atomic mass is 16.6. The Morgan fingerprint density at radius 2 is 1.84 bits per heavy atom. The van der Waals surface area contributed by atoms with Gasteiger partial charge in [0.1, 0.15) is 5.60 Å². The van der Waals surface area contributed by atoms with Gasteiger partial charge in [-0.15, -0.1) is 0 Å². The van der Waals surface area contributed by atoms with E-state index in [1.807, 2.05) is 39.8 Å². The molecule has 1 unspecified atom stereocenters. The van der Waals surface area contributed by atoms with Gasteiger partial charge >= 0.3 is 6.09 Å². The highest BCUT2D eigenvalue weighted by Gasteiger charge is 2.29. The Kier molecular flexibility index (Phi) is 6.99. The van der Waals surface area contributed by atoms with Crippen LogP contribution in [0.5, 0.6) is 0 Å². The van der Waals surface area contributed by atoms with E-state index in [-0.39, 0.29) is 11.5 Å². The van der Waals surface area contributed by atoms with Gasteiger partial charge in [0.2, 0.25) is 5.91 Å². The Bertz CT molecular complexity index is 608. The smallest absolute Gasteiger partial charge is 0.407 e. The number of amides is 2. The van der Waals surface area contributed by atoms with Crippen LogP contribution in [0.2, 0.25) is 0 Å². The number of carbonyl (C=O) groups excluding carboxylic acids is 2. The van der Waals surface area contributed by atoms with Crippen LogP contribution in [0, 0.1) is 5.92 Å². The van der Waals surface area contributed by atoms with Gasteiger partial charge in [-0.25, -0.2) is 4.79 Å². The predicted molar refractivity (Wildman–Crippen MR) is 99.3 cm³/mol. The fourth-order valence-corrected chi connectivity index (χ4v) is 2.18. The molecule has 0 radical (unpaired) electrons. The van der Waals surface area contributed by atoms with E-state index in [1.165, 1.54) is 0 Å². The summed E-state index contributed by atoms with van der Waals surface area (Å²) < 4.78 is 5.29. The highest BCUT2D eigenvalue weighted by molar-refractivity contribution is 5.92. The second-order valence-corrected chi connectivity index (χ2v) is 7.85. The summed E-state index contributed by atoms with van der Waals surface area (Å²) >= 11 is 0. The summed E-state index contributed by atoms with van der Waals surface area (Å²) in [4.78, 5) is 23.2. The predicted octanol–water partition coefficient (Wildman–Crippen LogP) is 2.81. The Balaban J connectivity index is 2.71. The minimum absolute atomic E-state index is 0.266. The average Bonchev–Trinajstić information content (AvgIpc) is 2.49. The summed E-state index contributed by atoms with van der Waals surface area (Å²) in [6.45, 7) is 12.7. The number of benzene rings is 1. The van der Waals surface area contributed by atoms with Crippen molar-refractivity contribution in [1.82, 2.24) is 10.6 Å². The standard InChI is InChI=1S/C19H31N3O3/c1-13(2)19(6,12-21-17(24)25-18(3,4)5)22-11-14-8-7-9-15(10-14)16(20)23/h7-10,13,22H,11-12H2,1-6H3,(H2,20,23)(H,21,24). The molecule has 2 amide bonds. The Hall–Kier alpha value is -2.08. The SMILES string of the molecule is CC(C)C(C)(CNC(=O)OC(C)(C)C)NCc1cccc(C(N)=O)c1. The van der Waals surface area contributed by atoms with Crippen LogP contribution < -0.4 is 16.4 Å². The zero-order chi connectivity index (χ0) is 19.3. The maximum absolute atomic E-state index is 11.9. The molecular weight excluding hydrogens is 318 g/mol. The van der Waals surface area contributed by atoms with Crippen LogP contribution in [0.25, 0.3) is 0 Å². The molecule has 0 bridgehead atoms. The second-order valence-electron chi connectivity index (χ2n) is 7.85. The third-order valence-electron chi connectivity index (χ3n) is 4.18. The van der Waals surface area contributed by atoms with Gasteiger partial charge in [0, 0.05) is 24.2 Å². The Morgan fingerprint density at radius 1 is 1.20 bits per heavy atom. The fourth-order valence-electron chi connectivity index (χ4n) is 2.18. The van der Waals surface area contributed by atoms with Crippen molar-refractivity contribution in [2.45, 2.75) is 59.2 Å². The molecule has 1 aromatic carbocycles. The Morgan fingerprint density at radius 3 is 2.36 bits per heavy atom. The van der Waals surface area contributed by atoms with Crippen molar-refractivity contribution in [3.05, 3.63) is 35.4 Å². The van der Waals surface area contributed by atoms with E-state index in [0.29, 0.717) is 18.7 Å². The topological polar surface area (TPSA) is 93.4 Å². The molecule has 4 N–H and O–H groups in total. The lowest BCUT2D eigenvalue weighted by atomic mass is 9.88. The molecular formula is C19H31N3O3. The van der Waals surface area contributed by atoms with E-state index in [1.54, 1.807) is 12.1 Å². The molecule has 0 aliphatic heterocycles. The maximum Gasteiger partial charge on any atom is 0.407 e. The quantitative estimate of drug-likeness (QED) is 0.705. The minimum Gasteiger partial charge on any atom is -0.444 e. The van der Waals surface area contributed by atoms with Crippen molar-refractivity contribution < 1.29 is 14.3 Å². The molecule has 0 aliphatic carbocycles. The maximum atomic E-state index is 11.9. The number of nitrogens with one attached hydrogen (secondary N) is 2. The first kappa shape index (κ1) is 21.0. The van der Waals surface area contributed by atoms with Crippen LogP contribution in [-0.4, -0.2) is 29.7 Å². The summed E-state index contributed by atoms with van der Waals surface area (Å²) in [5.74, 6) is -0.179. The van der Waals surface area contributed by atoms with Crippen molar-refractivity contribution in [2.75, 3.05) is 6.54 Å². The summed E-state index contributed by atoms with van der Waals surface area (Å²) in [5.41, 5.74) is 5.91. The highest BCUT2D eigenvalue weighted by Crippen LogP contribution is 2.17. The molecule has 140 valence electrons. The monoisotopic (exact) mass is 349 g/mol. The first-order valence-corrected chi connectivity index (χ1v) is 8.53. The summed E-state index contributed by atoms with van der Waals surface area (Å²) in [7, 11) is 0. The van der Waals surface area contributed by atoms with E-state index in [4.69, 9.17) is 10.5 Å². The lowest BCUT2D eigenvalue weighted by Crippen LogP contribution is -2.55. The third-order valence-corrected chi connectivity index (χ3v) is 4.18. The molecule has 25 heavy (non-hydrogen) atoms. The average molecular weight is 349 g/mol. The molecule has 0 aromatic heterocycles. The zero-order valence-corrected chi connectivity index (χ0v) is 16.1. The number of hydrogen-bond acceptors (Lipinski definition) is 4. The number of hydrogen-bond donors (Lipinski definition) is 3. The molecule has 1 atom stereocenters. The largest absolute Gasteiger partial charge is 0.444 e. The van der Waals surface area contributed by atoms with Crippen LogP contribution in [0.15, 0.2) is 24.3 Å². The summed E-state index contributed by atoms with van der Waals surface area (Å²) in [5, 5.41) is 6.30. The van der Waals surface area contributed by atoms with Crippen molar-refractivity contribution in [3.63, 3.8) is 0 Å². The van der Waals surface area contributed by atoms with Crippen molar-refractivity contribution in [3.8, 4) is 0 Å². The van der Waals surface area contributed by atoms with E-state index >= 15 is 0 Å². The van der Waals surface area contributed by atoms with Crippen LogP contribution >= 0.6 is 0 Å². The molecule has 0 saturated heterocycles. The molecule has 0 heterocycles. The van der Waals surface area contributed by atoms with Gasteiger partial charge in [-0.2, -0.15) is 0 Å². The molecule has 0 saturated carbocycles. The van der Waals surface area contributed by atoms with Gasteiger partial charge in [-0.1, -0.05) is 26.0 Å². The number of primary amides is 1. The first-order chi connectivity index (χ1) is 11.4. The third kappa shape index (κ3) is 7.13. The molecule has 0 fully saturated rings. The molecule has 6 nitrogen and oxygen atoms in total. The normalized spacial score (nSPS) is 14.0. The fraction of sp³-hybridized carbons (Fsp3) is 0.579. The molecule has 0 aliphatic rings.